The number of carbonyl (C=O) groups is 1. The Morgan fingerprint density at radius 2 is 1.74 bits per heavy atom. The van der Waals surface area contributed by atoms with Gasteiger partial charge in [0.2, 0.25) is 0 Å². The first-order chi connectivity index (χ1) is 16.6. The van der Waals surface area contributed by atoms with Crippen LogP contribution in [-0.2, 0) is 13.0 Å². The lowest BCUT2D eigenvalue weighted by Crippen LogP contribution is -2.35. The Balaban J connectivity index is 1.40. The Hall–Kier alpha value is -4.17. The minimum atomic E-state index is -0.402. The number of thiophene rings is 1. The summed E-state index contributed by atoms with van der Waals surface area (Å²) in [6, 6.07) is 24.7. The van der Waals surface area contributed by atoms with Crippen molar-refractivity contribution in [3.05, 3.63) is 106 Å². The fraction of sp³-hybridized carbons (Fsp3) is 0.115. The van der Waals surface area contributed by atoms with Gasteiger partial charge in [-0.25, -0.2) is 4.79 Å². The normalized spacial score (nSPS) is 11.1. The molecule has 2 amide bonds. The molecule has 5 rings (SSSR count). The van der Waals surface area contributed by atoms with Crippen molar-refractivity contribution >= 4 is 49.7 Å². The Bertz CT molecular complexity index is 1480. The zero-order chi connectivity index (χ0) is 23.5. The zero-order valence-corrected chi connectivity index (χ0v) is 19.0. The smallest absolute Gasteiger partial charge is 0.324 e. The van der Waals surface area contributed by atoms with Gasteiger partial charge in [0.15, 0.2) is 0 Å². The summed E-state index contributed by atoms with van der Waals surface area (Å²) in [7, 11) is 0. The van der Waals surface area contributed by atoms with E-state index in [1.807, 2.05) is 66.9 Å². The molecule has 2 aromatic heterocycles. The minimum absolute atomic E-state index is 0.0704. The number of rotatable bonds is 7. The molecule has 3 aromatic carbocycles. The maximum Gasteiger partial charge on any atom is 0.324 e. The van der Waals surface area contributed by atoms with Gasteiger partial charge in [0.25, 0.3) is 0 Å². The summed E-state index contributed by atoms with van der Waals surface area (Å²) in [4.78, 5) is 29.9. The predicted molar refractivity (Wildman–Crippen MR) is 136 cm³/mol. The van der Waals surface area contributed by atoms with Gasteiger partial charge in [-0.3, -0.25) is 10.1 Å². The van der Waals surface area contributed by atoms with Crippen molar-refractivity contribution in [3.63, 3.8) is 0 Å². The second-order valence-corrected chi connectivity index (χ2v) is 9.13. The molecule has 0 aliphatic carbocycles. The van der Waals surface area contributed by atoms with E-state index in [4.69, 9.17) is 0 Å². The summed E-state index contributed by atoms with van der Waals surface area (Å²) in [5.74, 6) is 0. The van der Waals surface area contributed by atoms with Crippen molar-refractivity contribution in [1.82, 2.24) is 9.88 Å². The van der Waals surface area contributed by atoms with Gasteiger partial charge in [-0.2, -0.15) is 0 Å². The number of aromatic nitrogens is 1. The van der Waals surface area contributed by atoms with Crippen molar-refractivity contribution in [2.75, 3.05) is 11.9 Å². The quantitative estimate of drug-likeness (QED) is 0.208. The zero-order valence-electron chi connectivity index (χ0n) is 18.2. The number of fused-ring (bicyclic) bond motifs is 2. The van der Waals surface area contributed by atoms with Crippen LogP contribution >= 0.6 is 11.3 Å². The Kier molecular flexibility index (Phi) is 5.97. The number of nitro groups is 1. The number of urea groups is 1. The topological polar surface area (TPSA) is 91.3 Å². The van der Waals surface area contributed by atoms with E-state index in [0.29, 0.717) is 13.0 Å². The highest BCUT2D eigenvalue weighted by Gasteiger charge is 2.19. The molecule has 0 spiro atoms. The molecule has 2 N–H and O–H groups in total. The predicted octanol–water partition coefficient (Wildman–Crippen LogP) is 6.57. The third kappa shape index (κ3) is 4.49. The summed E-state index contributed by atoms with van der Waals surface area (Å²) in [6.45, 7) is 0.752. The highest BCUT2D eigenvalue weighted by Crippen LogP contribution is 2.27. The molecule has 0 radical (unpaired) electrons. The number of para-hydroxylation sites is 1. The second-order valence-electron chi connectivity index (χ2n) is 7.98. The van der Waals surface area contributed by atoms with E-state index in [2.05, 4.69) is 16.4 Å². The maximum absolute atomic E-state index is 13.4. The lowest BCUT2D eigenvalue weighted by atomic mass is 10.1. The van der Waals surface area contributed by atoms with E-state index in [1.165, 1.54) is 6.07 Å². The summed E-state index contributed by atoms with van der Waals surface area (Å²) in [5, 5.41) is 17.4. The number of hydrogen-bond donors (Lipinski definition) is 2. The Labute approximate surface area is 199 Å². The first-order valence-electron chi connectivity index (χ1n) is 10.9. The molecule has 5 aromatic rings. The van der Waals surface area contributed by atoms with Gasteiger partial charge < -0.3 is 15.2 Å². The highest BCUT2D eigenvalue weighted by molar-refractivity contribution is 7.15. The molecular formula is C26H22N4O3S. The van der Waals surface area contributed by atoms with Crippen molar-refractivity contribution < 1.29 is 9.72 Å². The van der Waals surface area contributed by atoms with Crippen molar-refractivity contribution in [3.8, 4) is 0 Å². The monoisotopic (exact) mass is 470 g/mol. The minimum Gasteiger partial charge on any atom is -0.361 e. The molecule has 7 nitrogen and oxygen atoms in total. The Morgan fingerprint density at radius 3 is 2.56 bits per heavy atom. The van der Waals surface area contributed by atoms with Crippen LogP contribution in [0, 0.1) is 10.1 Å². The molecule has 0 saturated heterocycles. The van der Waals surface area contributed by atoms with E-state index < -0.39 is 4.92 Å². The number of aromatic amines is 1. The molecule has 2 heterocycles. The molecule has 0 bridgehead atoms. The summed E-state index contributed by atoms with van der Waals surface area (Å²) in [5.41, 5.74) is 2.91. The van der Waals surface area contributed by atoms with Gasteiger partial charge >= 0.3 is 11.0 Å². The number of anilines is 1. The molecule has 0 saturated carbocycles. The molecule has 0 atom stereocenters. The number of H-pyrrole nitrogens is 1. The van der Waals surface area contributed by atoms with Gasteiger partial charge in [0, 0.05) is 40.0 Å². The average molecular weight is 471 g/mol. The number of nitrogens with zero attached hydrogens (tertiary/aromatic N) is 2. The Morgan fingerprint density at radius 1 is 0.971 bits per heavy atom. The van der Waals surface area contributed by atoms with Crippen molar-refractivity contribution in [2.24, 2.45) is 0 Å². The molecule has 8 heteroatoms. The molecule has 34 heavy (non-hydrogen) atoms. The van der Waals surface area contributed by atoms with Gasteiger partial charge in [-0.1, -0.05) is 65.9 Å². The van der Waals surface area contributed by atoms with Gasteiger partial charge in [-0.15, -0.1) is 0 Å². The molecule has 170 valence electrons. The van der Waals surface area contributed by atoms with Crippen molar-refractivity contribution in [1.29, 1.82) is 0 Å². The fourth-order valence-electron chi connectivity index (χ4n) is 4.11. The van der Waals surface area contributed by atoms with Crippen LogP contribution in [-0.4, -0.2) is 27.4 Å². The average Bonchev–Trinajstić information content (AvgIpc) is 3.49. The third-order valence-corrected chi connectivity index (χ3v) is 6.84. The van der Waals surface area contributed by atoms with E-state index in [-0.39, 0.29) is 17.6 Å². The van der Waals surface area contributed by atoms with E-state index in [1.54, 1.807) is 11.0 Å². The SMILES string of the molecule is O=C(Nc1cccc2ccccc12)N(CCc1c[nH]c2ccccc12)Cc1ccc([N+](=O)[O-])s1. The van der Waals surface area contributed by atoms with Gasteiger partial charge in [0.05, 0.1) is 17.2 Å². The lowest BCUT2D eigenvalue weighted by molar-refractivity contribution is -0.380. The molecule has 0 unspecified atom stereocenters. The third-order valence-electron chi connectivity index (χ3n) is 5.82. The standard InChI is InChI=1S/C26H22N4O3S/c31-26(28-24-11-5-7-18-6-1-2-8-21(18)24)29(17-20-12-13-25(34-20)30(32)33)15-14-19-16-27-23-10-4-3-9-22(19)23/h1-13,16,27H,14-15,17H2,(H,28,31). The maximum atomic E-state index is 13.4. The second kappa shape index (κ2) is 9.36. The van der Waals surface area contributed by atoms with Crippen LogP contribution in [0.25, 0.3) is 21.7 Å². The molecular weight excluding hydrogens is 448 g/mol. The number of amides is 2. The van der Waals surface area contributed by atoms with Gasteiger partial charge in [0.1, 0.15) is 0 Å². The molecule has 0 aliphatic heterocycles. The lowest BCUT2D eigenvalue weighted by Gasteiger charge is -2.23. The first kappa shape index (κ1) is 21.7. The van der Waals surface area contributed by atoms with Crippen LogP contribution in [0.5, 0.6) is 0 Å². The number of benzene rings is 3. The molecule has 0 aliphatic rings. The van der Waals surface area contributed by atoms with Crippen LogP contribution in [0.3, 0.4) is 0 Å². The summed E-state index contributed by atoms with van der Waals surface area (Å²) < 4.78 is 0. The van der Waals surface area contributed by atoms with Crippen LogP contribution < -0.4 is 5.32 Å². The highest BCUT2D eigenvalue weighted by atomic mass is 32.1. The van der Waals surface area contributed by atoms with Gasteiger partial charge in [-0.05, 0) is 35.6 Å². The number of hydrogen-bond acceptors (Lipinski definition) is 4. The van der Waals surface area contributed by atoms with E-state index in [0.717, 1.165) is 49.1 Å². The van der Waals surface area contributed by atoms with Crippen molar-refractivity contribution in [2.45, 2.75) is 13.0 Å². The fourth-order valence-corrected chi connectivity index (χ4v) is 4.95. The number of nitrogens with one attached hydrogen (secondary N) is 2. The van der Waals surface area contributed by atoms with Crippen LogP contribution in [0.2, 0.25) is 0 Å². The summed E-state index contributed by atoms with van der Waals surface area (Å²) in [6.07, 6.45) is 2.63. The largest absolute Gasteiger partial charge is 0.361 e. The van der Waals surface area contributed by atoms with Crippen LogP contribution in [0.15, 0.2) is 85.1 Å². The summed E-state index contributed by atoms with van der Waals surface area (Å²) >= 11 is 1.09. The van der Waals surface area contributed by atoms with E-state index in [9.17, 15) is 14.9 Å². The number of carbonyl (C=O) groups excluding carboxylic acids is 1. The molecule has 0 fully saturated rings. The van der Waals surface area contributed by atoms with Crippen LogP contribution in [0.1, 0.15) is 10.4 Å². The van der Waals surface area contributed by atoms with E-state index >= 15 is 0 Å². The van der Waals surface area contributed by atoms with Crippen LogP contribution in [0.4, 0.5) is 15.5 Å². The first-order valence-corrected chi connectivity index (χ1v) is 11.7.